The smallest absolute Gasteiger partial charge is 0.226 e. The lowest BCUT2D eigenvalue weighted by atomic mass is 9.99. The molecule has 23 heavy (non-hydrogen) atoms. The van der Waals surface area contributed by atoms with Gasteiger partial charge in [0.15, 0.2) is 5.78 Å². The van der Waals surface area contributed by atoms with E-state index in [4.69, 9.17) is 16.3 Å². The highest BCUT2D eigenvalue weighted by molar-refractivity contribution is 6.30. The lowest BCUT2D eigenvalue weighted by Crippen LogP contribution is -2.36. The summed E-state index contributed by atoms with van der Waals surface area (Å²) in [5.74, 6) is 1.25. The van der Waals surface area contributed by atoms with Crippen molar-refractivity contribution in [3.63, 3.8) is 0 Å². The van der Waals surface area contributed by atoms with E-state index in [0.29, 0.717) is 47.2 Å². The number of ketones is 1. The second-order valence-electron chi connectivity index (χ2n) is 5.31. The molecule has 0 N–H and O–H groups in total. The molecule has 0 aromatic heterocycles. The summed E-state index contributed by atoms with van der Waals surface area (Å²) in [4.78, 5) is 25.9. The third-order valence-corrected chi connectivity index (χ3v) is 4.03. The summed E-state index contributed by atoms with van der Waals surface area (Å²) in [5.41, 5.74) is 1.20. The number of halogens is 1. The van der Waals surface area contributed by atoms with Gasteiger partial charge in [-0.3, -0.25) is 9.59 Å². The van der Waals surface area contributed by atoms with E-state index < -0.39 is 0 Å². The number of carbonyl (C=O) groups excluding carboxylic acids is 2. The standard InChI is InChI=1S/C18H16ClNO3/c1-2-18(22)20-10-9-17(21)15-11-14(7-8-16(15)20)23-13-5-3-12(19)4-6-13/h3-8,11H,2,9-10H2,1H3. The summed E-state index contributed by atoms with van der Waals surface area (Å²) in [6, 6.07) is 12.2. The molecule has 1 heterocycles. The Morgan fingerprint density at radius 2 is 1.87 bits per heavy atom. The monoisotopic (exact) mass is 329 g/mol. The Kier molecular flexibility index (Phi) is 4.35. The molecule has 0 atom stereocenters. The Morgan fingerprint density at radius 1 is 1.17 bits per heavy atom. The third-order valence-electron chi connectivity index (χ3n) is 3.77. The molecule has 0 fully saturated rings. The van der Waals surface area contributed by atoms with Gasteiger partial charge in [0.2, 0.25) is 5.91 Å². The van der Waals surface area contributed by atoms with Crippen LogP contribution in [-0.2, 0) is 4.79 Å². The molecule has 0 bridgehead atoms. The van der Waals surface area contributed by atoms with Crippen LogP contribution in [0.15, 0.2) is 42.5 Å². The Bertz CT molecular complexity index is 755. The molecule has 0 unspecified atom stereocenters. The molecule has 4 nitrogen and oxygen atoms in total. The van der Waals surface area contributed by atoms with Crippen molar-refractivity contribution in [1.29, 1.82) is 0 Å². The van der Waals surface area contributed by atoms with Gasteiger partial charge in [0, 0.05) is 30.0 Å². The molecule has 2 aromatic rings. The van der Waals surface area contributed by atoms with Gasteiger partial charge < -0.3 is 9.64 Å². The Morgan fingerprint density at radius 3 is 2.57 bits per heavy atom. The first kappa shape index (κ1) is 15.6. The van der Waals surface area contributed by atoms with Crippen LogP contribution in [0.5, 0.6) is 11.5 Å². The molecule has 0 spiro atoms. The molecule has 1 aliphatic heterocycles. The molecule has 0 radical (unpaired) electrons. The number of ether oxygens (including phenoxy) is 1. The second kappa shape index (κ2) is 6.42. The topological polar surface area (TPSA) is 46.6 Å². The van der Waals surface area contributed by atoms with Gasteiger partial charge in [0.05, 0.1) is 5.69 Å². The number of hydrogen-bond acceptors (Lipinski definition) is 3. The first-order chi connectivity index (χ1) is 11.1. The first-order valence-corrected chi connectivity index (χ1v) is 7.87. The fraction of sp³-hybridized carbons (Fsp3) is 0.222. The van der Waals surface area contributed by atoms with Crippen LogP contribution in [0.25, 0.3) is 0 Å². The molecule has 1 aliphatic rings. The van der Waals surface area contributed by atoms with Crippen LogP contribution in [0.3, 0.4) is 0 Å². The number of rotatable bonds is 3. The number of nitrogens with zero attached hydrogens (tertiary/aromatic N) is 1. The van der Waals surface area contributed by atoms with Crippen LogP contribution in [0, 0.1) is 0 Å². The van der Waals surface area contributed by atoms with E-state index >= 15 is 0 Å². The zero-order chi connectivity index (χ0) is 16.4. The van der Waals surface area contributed by atoms with E-state index in [1.54, 1.807) is 47.4 Å². The summed E-state index contributed by atoms with van der Waals surface area (Å²) in [5, 5.41) is 0.631. The number of benzene rings is 2. The lowest BCUT2D eigenvalue weighted by Gasteiger charge is -2.28. The van der Waals surface area contributed by atoms with Crippen molar-refractivity contribution in [1.82, 2.24) is 0 Å². The summed E-state index contributed by atoms with van der Waals surface area (Å²) < 4.78 is 5.76. The van der Waals surface area contributed by atoms with E-state index in [1.165, 1.54) is 0 Å². The zero-order valence-corrected chi connectivity index (χ0v) is 13.5. The quantitative estimate of drug-likeness (QED) is 0.835. The van der Waals surface area contributed by atoms with Gasteiger partial charge in [0.25, 0.3) is 0 Å². The first-order valence-electron chi connectivity index (χ1n) is 7.49. The maximum atomic E-state index is 12.2. The van der Waals surface area contributed by atoms with Gasteiger partial charge >= 0.3 is 0 Å². The van der Waals surface area contributed by atoms with Gasteiger partial charge in [-0.1, -0.05) is 18.5 Å². The highest BCUT2D eigenvalue weighted by Gasteiger charge is 2.26. The summed E-state index contributed by atoms with van der Waals surface area (Å²) in [6.45, 7) is 2.26. The lowest BCUT2D eigenvalue weighted by molar-refractivity contribution is -0.118. The molecule has 0 saturated carbocycles. The Balaban J connectivity index is 1.91. The van der Waals surface area contributed by atoms with Crippen molar-refractivity contribution in [2.45, 2.75) is 19.8 Å². The van der Waals surface area contributed by atoms with E-state index in [1.807, 2.05) is 6.92 Å². The Hall–Kier alpha value is -2.33. The number of fused-ring (bicyclic) bond motifs is 1. The van der Waals surface area contributed by atoms with Gasteiger partial charge in [-0.25, -0.2) is 0 Å². The maximum Gasteiger partial charge on any atom is 0.226 e. The van der Waals surface area contributed by atoms with Gasteiger partial charge in [-0.2, -0.15) is 0 Å². The normalized spacial score (nSPS) is 13.7. The van der Waals surface area contributed by atoms with Crippen molar-refractivity contribution in [2.24, 2.45) is 0 Å². The molecular formula is C18H16ClNO3. The second-order valence-corrected chi connectivity index (χ2v) is 5.74. The number of Topliss-reactive ketones (excluding diaryl/α,β-unsaturated/α-hetero) is 1. The summed E-state index contributed by atoms with van der Waals surface area (Å²) >= 11 is 5.85. The number of anilines is 1. The fourth-order valence-corrected chi connectivity index (χ4v) is 2.72. The average molecular weight is 330 g/mol. The third kappa shape index (κ3) is 3.22. The zero-order valence-electron chi connectivity index (χ0n) is 12.7. The minimum Gasteiger partial charge on any atom is -0.457 e. The van der Waals surface area contributed by atoms with E-state index in [9.17, 15) is 9.59 Å². The molecule has 2 aromatic carbocycles. The number of hydrogen-bond donors (Lipinski definition) is 0. The molecule has 5 heteroatoms. The predicted molar refractivity (Wildman–Crippen MR) is 89.6 cm³/mol. The van der Waals surface area contributed by atoms with Gasteiger partial charge in [-0.05, 0) is 42.5 Å². The molecule has 3 rings (SSSR count). The van der Waals surface area contributed by atoms with Crippen molar-refractivity contribution in [2.75, 3.05) is 11.4 Å². The van der Waals surface area contributed by atoms with Crippen LogP contribution in [-0.4, -0.2) is 18.2 Å². The average Bonchev–Trinajstić information content (AvgIpc) is 2.57. The van der Waals surface area contributed by atoms with Crippen LogP contribution in [0.1, 0.15) is 30.1 Å². The largest absolute Gasteiger partial charge is 0.457 e. The SMILES string of the molecule is CCC(=O)N1CCC(=O)c2cc(Oc3ccc(Cl)cc3)ccc21. The predicted octanol–water partition coefficient (Wildman–Crippen LogP) is 4.46. The Labute approximate surface area is 139 Å². The highest BCUT2D eigenvalue weighted by atomic mass is 35.5. The van der Waals surface area contributed by atoms with Crippen LogP contribution < -0.4 is 9.64 Å². The van der Waals surface area contributed by atoms with Crippen molar-refractivity contribution >= 4 is 29.0 Å². The van der Waals surface area contributed by atoms with Crippen molar-refractivity contribution in [3.8, 4) is 11.5 Å². The number of amides is 1. The minimum atomic E-state index is 0.0186. The van der Waals surface area contributed by atoms with Crippen LogP contribution in [0.4, 0.5) is 5.69 Å². The summed E-state index contributed by atoms with van der Waals surface area (Å²) in [6.07, 6.45) is 0.750. The van der Waals surface area contributed by atoms with E-state index in [2.05, 4.69) is 0 Å². The highest BCUT2D eigenvalue weighted by Crippen LogP contribution is 2.33. The molecule has 1 amide bonds. The maximum absolute atomic E-state index is 12.2. The van der Waals surface area contributed by atoms with Crippen molar-refractivity contribution in [3.05, 3.63) is 53.1 Å². The van der Waals surface area contributed by atoms with Gasteiger partial charge in [-0.15, -0.1) is 0 Å². The van der Waals surface area contributed by atoms with Crippen LogP contribution >= 0.6 is 11.6 Å². The van der Waals surface area contributed by atoms with Gasteiger partial charge in [0.1, 0.15) is 11.5 Å². The molecule has 0 aliphatic carbocycles. The summed E-state index contributed by atoms with van der Waals surface area (Å²) in [7, 11) is 0. The van der Waals surface area contributed by atoms with E-state index in [-0.39, 0.29) is 11.7 Å². The van der Waals surface area contributed by atoms with Crippen molar-refractivity contribution < 1.29 is 14.3 Å². The molecular weight excluding hydrogens is 314 g/mol. The number of carbonyl (C=O) groups is 2. The van der Waals surface area contributed by atoms with E-state index in [0.717, 1.165) is 0 Å². The fourth-order valence-electron chi connectivity index (χ4n) is 2.59. The molecule has 118 valence electrons. The molecule has 0 saturated heterocycles. The van der Waals surface area contributed by atoms with Crippen LogP contribution in [0.2, 0.25) is 5.02 Å². The minimum absolute atomic E-state index is 0.0186.